The van der Waals surface area contributed by atoms with Crippen LogP contribution >= 0.6 is 11.6 Å². The molecule has 7 nitrogen and oxygen atoms in total. The number of hydrogen-bond acceptors (Lipinski definition) is 4. The Morgan fingerprint density at radius 2 is 2.13 bits per heavy atom. The van der Waals surface area contributed by atoms with E-state index in [1.165, 1.54) is 0 Å². The number of hydrogen-bond donors (Lipinski definition) is 3. The zero-order valence-electron chi connectivity index (χ0n) is 11.9. The number of aryl methyl sites for hydroxylation is 1. The minimum absolute atomic E-state index is 0.266. The van der Waals surface area contributed by atoms with Crippen LogP contribution in [0.5, 0.6) is 0 Å². The van der Waals surface area contributed by atoms with Crippen molar-refractivity contribution < 1.29 is 9.59 Å². The normalized spacial score (nSPS) is 24.7. The van der Waals surface area contributed by atoms with E-state index in [1.54, 1.807) is 25.1 Å². The fourth-order valence-electron chi connectivity index (χ4n) is 3.52. The standard InChI is InChI=1S/C15H10ClN5O2/c1-6-11-12(21-20-6)19-13(22)9(5-17)15(11)8-4-7(16)2-3-10(8)18-14(15)23/h2-4,9H,1H3,(H,18,23)(H2,19,20,21,22)/t9-,15+/m0/s1. The Labute approximate surface area is 135 Å². The number of carbonyl (C=O) groups is 2. The van der Waals surface area contributed by atoms with E-state index in [-0.39, 0.29) is 5.82 Å². The van der Waals surface area contributed by atoms with Gasteiger partial charge in [0.25, 0.3) is 0 Å². The molecule has 3 N–H and O–H groups in total. The highest BCUT2D eigenvalue weighted by atomic mass is 35.5. The summed E-state index contributed by atoms with van der Waals surface area (Å²) in [7, 11) is 0. The Hall–Kier alpha value is -2.85. The van der Waals surface area contributed by atoms with Gasteiger partial charge < -0.3 is 10.6 Å². The molecule has 2 aromatic rings. The molecule has 0 fully saturated rings. The van der Waals surface area contributed by atoms with Crippen LogP contribution < -0.4 is 10.6 Å². The van der Waals surface area contributed by atoms with E-state index in [0.29, 0.717) is 27.5 Å². The second kappa shape index (κ2) is 4.33. The lowest BCUT2D eigenvalue weighted by atomic mass is 9.64. The van der Waals surface area contributed by atoms with Crippen molar-refractivity contribution in [3.05, 3.63) is 40.0 Å². The number of fused-ring (bicyclic) bond motifs is 4. The van der Waals surface area contributed by atoms with Crippen molar-refractivity contribution in [2.45, 2.75) is 12.3 Å². The topological polar surface area (TPSA) is 111 Å². The predicted octanol–water partition coefficient (Wildman–Crippen LogP) is 1.70. The summed E-state index contributed by atoms with van der Waals surface area (Å²) in [6.07, 6.45) is 0. The summed E-state index contributed by atoms with van der Waals surface area (Å²) in [5, 5.41) is 22.2. The lowest BCUT2D eigenvalue weighted by Gasteiger charge is -2.35. The maximum atomic E-state index is 12.9. The Morgan fingerprint density at radius 3 is 2.87 bits per heavy atom. The Morgan fingerprint density at radius 1 is 1.35 bits per heavy atom. The lowest BCUT2D eigenvalue weighted by Crippen LogP contribution is -2.51. The third-order valence-electron chi connectivity index (χ3n) is 4.42. The van der Waals surface area contributed by atoms with E-state index >= 15 is 0 Å². The van der Waals surface area contributed by atoms with Crippen LogP contribution in [0.1, 0.15) is 16.8 Å². The summed E-state index contributed by atoms with van der Waals surface area (Å²) in [6.45, 7) is 1.75. The molecule has 0 saturated heterocycles. The fourth-order valence-corrected chi connectivity index (χ4v) is 3.69. The molecule has 114 valence electrons. The first kappa shape index (κ1) is 13.8. The van der Waals surface area contributed by atoms with Gasteiger partial charge in [-0.1, -0.05) is 11.6 Å². The van der Waals surface area contributed by atoms with Gasteiger partial charge in [-0.15, -0.1) is 0 Å². The van der Waals surface area contributed by atoms with Gasteiger partial charge in [0.05, 0.1) is 6.07 Å². The molecule has 0 unspecified atom stereocenters. The number of halogens is 1. The molecular formula is C15H10ClN5O2. The second-order valence-electron chi connectivity index (χ2n) is 5.58. The molecule has 8 heteroatoms. The minimum Gasteiger partial charge on any atom is -0.325 e. The first-order chi connectivity index (χ1) is 11.0. The van der Waals surface area contributed by atoms with Crippen LogP contribution in [-0.2, 0) is 15.0 Å². The molecule has 2 aliphatic rings. The van der Waals surface area contributed by atoms with Gasteiger partial charge in [-0.3, -0.25) is 14.7 Å². The van der Waals surface area contributed by atoms with Crippen molar-refractivity contribution in [2.24, 2.45) is 5.92 Å². The molecule has 2 aliphatic heterocycles. The van der Waals surface area contributed by atoms with Gasteiger partial charge in [0.15, 0.2) is 5.82 Å². The number of carbonyl (C=O) groups excluding carboxylic acids is 2. The van der Waals surface area contributed by atoms with Crippen LogP contribution in [0.2, 0.25) is 5.02 Å². The van der Waals surface area contributed by atoms with Gasteiger partial charge in [-0.2, -0.15) is 10.4 Å². The van der Waals surface area contributed by atoms with Gasteiger partial charge in [-0.25, -0.2) is 0 Å². The first-order valence-electron chi connectivity index (χ1n) is 6.87. The molecule has 1 aromatic carbocycles. The summed E-state index contributed by atoms with van der Waals surface area (Å²) in [6, 6.07) is 6.91. The quantitative estimate of drug-likeness (QED) is 0.683. The Kier molecular flexibility index (Phi) is 2.60. The van der Waals surface area contributed by atoms with Gasteiger partial charge in [0.2, 0.25) is 11.8 Å². The number of rotatable bonds is 0. The molecule has 2 atom stereocenters. The highest BCUT2D eigenvalue weighted by Crippen LogP contribution is 2.53. The maximum Gasteiger partial charge on any atom is 0.244 e. The molecule has 0 aliphatic carbocycles. The Bertz CT molecular complexity index is 928. The van der Waals surface area contributed by atoms with Crippen molar-refractivity contribution in [3.8, 4) is 6.07 Å². The SMILES string of the molecule is Cc1[nH]nc2c1[C@]1(C(=O)Nc3ccc(Cl)cc31)[C@@H](C#N)C(=O)N2. The van der Waals surface area contributed by atoms with E-state index in [0.717, 1.165) is 0 Å². The number of aromatic nitrogens is 2. The van der Waals surface area contributed by atoms with Crippen molar-refractivity contribution in [1.82, 2.24) is 10.2 Å². The molecule has 0 radical (unpaired) electrons. The highest BCUT2D eigenvalue weighted by Gasteiger charge is 2.61. The van der Waals surface area contributed by atoms with Gasteiger partial charge >= 0.3 is 0 Å². The number of nitrogens with one attached hydrogen (secondary N) is 3. The van der Waals surface area contributed by atoms with E-state index in [9.17, 15) is 14.9 Å². The Balaban J connectivity index is 2.15. The number of benzene rings is 1. The van der Waals surface area contributed by atoms with Crippen LogP contribution in [0.4, 0.5) is 11.5 Å². The molecule has 23 heavy (non-hydrogen) atoms. The fraction of sp³-hybridized carbons (Fsp3) is 0.200. The molecule has 2 amide bonds. The predicted molar refractivity (Wildman–Crippen MR) is 81.9 cm³/mol. The molecule has 0 saturated carbocycles. The summed E-state index contributed by atoms with van der Waals surface area (Å²) in [5.41, 5.74) is 0.720. The second-order valence-corrected chi connectivity index (χ2v) is 6.01. The summed E-state index contributed by atoms with van der Waals surface area (Å²) >= 11 is 6.10. The smallest absolute Gasteiger partial charge is 0.244 e. The van der Waals surface area contributed by atoms with Crippen molar-refractivity contribution in [1.29, 1.82) is 5.26 Å². The molecule has 1 aromatic heterocycles. The number of amides is 2. The largest absolute Gasteiger partial charge is 0.325 e. The monoisotopic (exact) mass is 327 g/mol. The third kappa shape index (κ3) is 1.51. The summed E-state index contributed by atoms with van der Waals surface area (Å²) < 4.78 is 0. The van der Waals surface area contributed by atoms with E-state index in [1.807, 2.05) is 6.07 Å². The third-order valence-corrected chi connectivity index (χ3v) is 4.66. The van der Waals surface area contributed by atoms with Crippen molar-refractivity contribution in [3.63, 3.8) is 0 Å². The van der Waals surface area contributed by atoms with Crippen LogP contribution in [0.15, 0.2) is 18.2 Å². The summed E-state index contributed by atoms with van der Waals surface area (Å²) in [4.78, 5) is 25.3. The minimum atomic E-state index is -1.45. The lowest BCUT2D eigenvalue weighted by molar-refractivity contribution is -0.127. The number of nitrogens with zero attached hydrogens (tertiary/aromatic N) is 2. The molecule has 1 spiro atoms. The first-order valence-corrected chi connectivity index (χ1v) is 7.25. The number of H-pyrrole nitrogens is 1. The van der Waals surface area contributed by atoms with Gasteiger partial charge in [-0.05, 0) is 30.7 Å². The van der Waals surface area contributed by atoms with Crippen LogP contribution in [0, 0.1) is 24.2 Å². The van der Waals surface area contributed by atoms with E-state index < -0.39 is 23.1 Å². The zero-order chi connectivity index (χ0) is 16.4. The maximum absolute atomic E-state index is 12.9. The van der Waals surface area contributed by atoms with Crippen molar-refractivity contribution >= 4 is 34.9 Å². The van der Waals surface area contributed by atoms with E-state index in [4.69, 9.17) is 11.6 Å². The molecule has 0 bridgehead atoms. The number of nitriles is 1. The molecule has 4 rings (SSSR count). The number of aromatic amines is 1. The zero-order valence-corrected chi connectivity index (χ0v) is 12.7. The van der Waals surface area contributed by atoms with Crippen LogP contribution in [-0.4, -0.2) is 22.0 Å². The van der Waals surface area contributed by atoms with Gasteiger partial charge in [0.1, 0.15) is 11.3 Å². The molecule has 3 heterocycles. The average Bonchev–Trinajstić information content (AvgIpc) is 3.00. The van der Waals surface area contributed by atoms with Crippen LogP contribution in [0.25, 0.3) is 0 Å². The summed E-state index contributed by atoms with van der Waals surface area (Å²) in [5.74, 6) is -1.94. The van der Waals surface area contributed by atoms with E-state index in [2.05, 4.69) is 20.8 Å². The van der Waals surface area contributed by atoms with Crippen molar-refractivity contribution in [2.75, 3.05) is 10.6 Å². The average molecular weight is 328 g/mol. The van der Waals surface area contributed by atoms with Crippen LogP contribution in [0.3, 0.4) is 0 Å². The number of anilines is 2. The van der Waals surface area contributed by atoms with Gasteiger partial charge in [0, 0.05) is 22.0 Å². The molecular weight excluding hydrogens is 318 g/mol. The highest BCUT2D eigenvalue weighted by molar-refractivity contribution is 6.31.